The van der Waals surface area contributed by atoms with Crippen molar-refractivity contribution in [3.8, 4) is 0 Å². The fraction of sp³-hybridized carbons (Fsp3) is 0.143. The lowest BCUT2D eigenvalue weighted by Crippen LogP contribution is -1.82. The predicted octanol–water partition coefficient (Wildman–Crippen LogP) is 5.44. The minimum atomic E-state index is -0.230. The van der Waals surface area contributed by atoms with Crippen LogP contribution in [0.5, 0.6) is 0 Å². The van der Waals surface area contributed by atoms with E-state index >= 15 is 0 Å². The molecule has 0 saturated heterocycles. The molecule has 4 heteroatoms. The largest absolute Gasteiger partial charge is 0.206 e. The van der Waals surface area contributed by atoms with Crippen molar-refractivity contribution in [2.75, 3.05) is 5.08 Å². The predicted molar refractivity (Wildman–Crippen MR) is 76.1 cm³/mol. The third-order valence-corrected chi connectivity index (χ3v) is 4.33. The quantitative estimate of drug-likeness (QED) is 0.541. The van der Waals surface area contributed by atoms with Crippen LogP contribution in [0.3, 0.4) is 0 Å². The van der Waals surface area contributed by atoms with Crippen molar-refractivity contribution < 1.29 is 8.78 Å². The fourth-order valence-electron chi connectivity index (χ4n) is 1.28. The highest BCUT2D eigenvalue weighted by molar-refractivity contribution is 8.16. The van der Waals surface area contributed by atoms with E-state index in [0.717, 1.165) is 0 Å². The summed E-state index contributed by atoms with van der Waals surface area (Å²) in [4.78, 5) is 1.19. The van der Waals surface area contributed by atoms with Crippen LogP contribution in [0.15, 0.2) is 58.3 Å². The number of benzene rings is 2. The number of rotatable bonds is 4. The first-order chi connectivity index (χ1) is 8.27. The Labute approximate surface area is 115 Å². The minimum Gasteiger partial charge on any atom is -0.206 e. The molecule has 0 spiro atoms. The normalized spacial score (nSPS) is 9.89. The van der Waals surface area contributed by atoms with E-state index in [2.05, 4.69) is 0 Å². The second kappa shape index (κ2) is 7.44. The van der Waals surface area contributed by atoms with Crippen LogP contribution in [0.1, 0.15) is 7.43 Å². The van der Waals surface area contributed by atoms with Crippen molar-refractivity contribution in [1.82, 2.24) is 0 Å². The highest BCUT2D eigenvalue weighted by atomic mass is 32.2. The maximum atomic E-state index is 13.3. The van der Waals surface area contributed by atoms with Crippen molar-refractivity contribution in [1.29, 1.82) is 0 Å². The van der Waals surface area contributed by atoms with Crippen molar-refractivity contribution in [3.63, 3.8) is 0 Å². The van der Waals surface area contributed by atoms with Gasteiger partial charge in [0.25, 0.3) is 0 Å². The summed E-state index contributed by atoms with van der Waals surface area (Å²) in [6.45, 7) is 0. The Morgan fingerprint density at radius 1 is 0.722 bits per heavy atom. The van der Waals surface area contributed by atoms with E-state index in [-0.39, 0.29) is 19.1 Å². The van der Waals surface area contributed by atoms with Gasteiger partial charge in [0.1, 0.15) is 11.6 Å². The molecule has 0 nitrogen and oxygen atoms in total. The zero-order valence-electron chi connectivity index (χ0n) is 8.90. The van der Waals surface area contributed by atoms with Gasteiger partial charge in [0.05, 0.1) is 0 Å². The van der Waals surface area contributed by atoms with Crippen LogP contribution in [0, 0.1) is 11.6 Å². The van der Waals surface area contributed by atoms with Gasteiger partial charge in [0, 0.05) is 14.9 Å². The van der Waals surface area contributed by atoms with Gasteiger partial charge in [-0.05, 0) is 24.3 Å². The summed E-state index contributed by atoms with van der Waals surface area (Å²) in [5.41, 5.74) is 0. The van der Waals surface area contributed by atoms with Crippen molar-refractivity contribution in [2.24, 2.45) is 0 Å². The molecule has 0 aliphatic heterocycles. The molecule has 0 saturated carbocycles. The summed E-state index contributed by atoms with van der Waals surface area (Å²) >= 11 is 2.74. The number of halogens is 2. The van der Waals surface area contributed by atoms with Crippen molar-refractivity contribution >= 4 is 23.5 Å². The second-order valence-corrected chi connectivity index (χ2v) is 5.67. The molecule has 0 unspecified atom stereocenters. The molecule has 2 aromatic rings. The minimum absolute atomic E-state index is 0. The first kappa shape index (κ1) is 15.1. The molecule has 2 rings (SSSR count). The van der Waals surface area contributed by atoms with Gasteiger partial charge in [0.15, 0.2) is 0 Å². The molecule has 0 bridgehead atoms. The molecule has 0 radical (unpaired) electrons. The Kier molecular flexibility index (Phi) is 6.22. The summed E-state index contributed by atoms with van der Waals surface area (Å²) in [5, 5.41) is 0.585. The smallest absolute Gasteiger partial charge is 0.136 e. The Morgan fingerprint density at radius 3 is 1.50 bits per heavy atom. The summed E-state index contributed by atoms with van der Waals surface area (Å²) in [6.07, 6.45) is 0. The zero-order chi connectivity index (χ0) is 12.1. The lowest BCUT2D eigenvalue weighted by Gasteiger charge is -2.03. The summed E-state index contributed by atoms with van der Waals surface area (Å²) in [6, 6.07) is 13.2. The Balaban J connectivity index is 0.00000162. The Morgan fingerprint density at radius 2 is 1.11 bits per heavy atom. The van der Waals surface area contributed by atoms with E-state index < -0.39 is 0 Å². The molecular formula is C14H14F2S2. The fourth-order valence-corrected chi connectivity index (χ4v) is 3.29. The molecule has 0 aromatic heterocycles. The van der Waals surface area contributed by atoms with E-state index in [0.29, 0.717) is 14.9 Å². The number of hydrogen-bond acceptors (Lipinski definition) is 2. The average Bonchev–Trinajstić information content (AvgIpc) is 2.34. The molecule has 96 valence electrons. The summed E-state index contributed by atoms with van der Waals surface area (Å²) in [7, 11) is 0. The standard InChI is InChI=1S/C13H10F2S2.CH4/c14-10-5-1-3-7-12(10)16-9-17-13-8-4-2-6-11(13)15;/h1-8H,9H2;1H4. The Bertz CT molecular complexity index is 455. The van der Waals surface area contributed by atoms with Crippen molar-refractivity contribution in [3.05, 3.63) is 60.2 Å². The third kappa shape index (κ3) is 4.03. The van der Waals surface area contributed by atoms with Crippen molar-refractivity contribution in [2.45, 2.75) is 17.2 Å². The van der Waals surface area contributed by atoms with E-state index in [1.165, 1.54) is 35.7 Å². The van der Waals surface area contributed by atoms with Gasteiger partial charge in [0.2, 0.25) is 0 Å². The molecule has 18 heavy (non-hydrogen) atoms. The topological polar surface area (TPSA) is 0 Å². The molecule has 0 atom stereocenters. The second-order valence-electron chi connectivity index (χ2n) is 3.27. The third-order valence-electron chi connectivity index (χ3n) is 2.10. The molecule has 0 N–H and O–H groups in total. The highest BCUT2D eigenvalue weighted by Gasteiger charge is 2.04. The van der Waals surface area contributed by atoms with Gasteiger partial charge in [-0.3, -0.25) is 0 Å². The van der Waals surface area contributed by atoms with Gasteiger partial charge < -0.3 is 0 Å². The summed E-state index contributed by atoms with van der Waals surface area (Å²) < 4.78 is 26.6. The Hall–Kier alpha value is -1.00. The van der Waals surface area contributed by atoms with Crippen LogP contribution in [-0.4, -0.2) is 5.08 Å². The molecule has 0 amide bonds. The van der Waals surface area contributed by atoms with Crippen LogP contribution < -0.4 is 0 Å². The van der Waals surface area contributed by atoms with Crippen LogP contribution in [0.2, 0.25) is 0 Å². The monoisotopic (exact) mass is 284 g/mol. The number of thioether (sulfide) groups is 2. The molecule has 0 aliphatic rings. The van der Waals surface area contributed by atoms with E-state index in [1.54, 1.807) is 36.4 Å². The molecule has 0 aliphatic carbocycles. The maximum Gasteiger partial charge on any atom is 0.136 e. The maximum absolute atomic E-state index is 13.3. The molecule has 0 heterocycles. The summed E-state index contributed by atoms with van der Waals surface area (Å²) in [5.74, 6) is -0.460. The van der Waals surface area contributed by atoms with E-state index in [4.69, 9.17) is 0 Å². The van der Waals surface area contributed by atoms with Crippen LogP contribution >= 0.6 is 23.5 Å². The molecule has 0 fully saturated rings. The number of hydrogen-bond donors (Lipinski definition) is 0. The SMILES string of the molecule is C.Fc1ccccc1SCSc1ccccc1F. The van der Waals surface area contributed by atoms with Gasteiger partial charge in [-0.1, -0.05) is 31.7 Å². The molecular weight excluding hydrogens is 270 g/mol. The average molecular weight is 284 g/mol. The van der Waals surface area contributed by atoms with Gasteiger partial charge in [-0.25, -0.2) is 8.78 Å². The van der Waals surface area contributed by atoms with Crippen LogP contribution in [0.4, 0.5) is 8.78 Å². The van der Waals surface area contributed by atoms with E-state index in [9.17, 15) is 8.78 Å². The van der Waals surface area contributed by atoms with Crippen LogP contribution in [0.25, 0.3) is 0 Å². The van der Waals surface area contributed by atoms with Gasteiger partial charge >= 0.3 is 0 Å². The molecule has 2 aromatic carbocycles. The zero-order valence-corrected chi connectivity index (χ0v) is 10.5. The lowest BCUT2D eigenvalue weighted by atomic mass is 10.3. The first-order valence-corrected chi connectivity index (χ1v) is 6.99. The lowest BCUT2D eigenvalue weighted by molar-refractivity contribution is 0.602. The highest BCUT2D eigenvalue weighted by Crippen LogP contribution is 2.30. The van der Waals surface area contributed by atoms with Gasteiger partial charge in [-0.15, -0.1) is 23.5 Å². The first-order valence-electron chi connectivity index (χ1n) is 5.02. The van der Waals surface area contributed by atoms with Crippen LogP contribution in [-0.2, 0) is 0 Å². The van der Waals surface area contributed by atoms with E-state index in [1.807, 2.05) is 0 Å². The van der Waals surface area contributed by atoms with Gasteiger partial charge in [-0.2, -0.15) is 0 Å².